The number of hydrogen-bond acceptors (Lipinski definition) is 5. The summed E-state index contributed by atoms with van der Waals surface area (Å²) >= 11 is 0. The third kappa shape index (κ3) is 4.74. The van der Waals surface area contributed by atoms with Crippen LogP contribution < -0.4 is 16.0 Å². The quantitative estimate of drug-likeness (QED) is 0.739. The summed E-state index contributed by atoms with van der Waals surface area (Å²) in [5.74, 6) is 2.13. The van der Waals surface area contributed by atoms with E-state index in [4.69, 9.17) is 4.98 Å². The molecule has 2 fully saturated rings. The first kappa shape index (κ1) is 20.2. The standard InChI is InChI=1S/C17H25N5O.2ClH/c23-17-14-13(7-9-19-17)16(22-15(21-14)11-5-6-11)20-10-12-4-2-1-3-8-18-12;;/h11-12,18H,1-10H2,(H,19,23)(H,20,21,22);2*1H. The fourth-order valence-corrected chi connectivity index (χ4v) is 3.48. The van der Waals surface area contributed by atoms with Gasteiger partial charge in [0.25, 0.3) is 5.91 Å². The second-order valence-electron chi connectivity index (χ2n) is 6.92. The molecule has 1 atom stereocenters. The van der Waals surface area contributed by atoms with Crippen LogP contribution in [0.15, 0.2) is 0 Å². The molecule has 3 aliphatic rings. The van der Waals surface area contributed by atoms with Crippen molar-refractivity contribution in [3.63, 3.8) is 0 Å². The Hall–Kier alpha value is -1.11. The highest BCUT2D eigenvalue weighted by Gasteiger charge is 2.31. The summed E-state index contributed by atoms with van der Waals surface area (Å²) in [5.41, 5.74) is 1.58. The van der Waals surface area contributed by atoms with Gasteiger partial charge in [-0.15, -0.1) is 24.8 Å². The van der Waals surface area contributed by atoms with Crippen molar-refractivity contribution in [3.8, 4) is 0 Å². The van der Waals surface area contributed by atoms with Crippen LogP contribution in [-0.4, -0.2) is 41.6 Å². The van der Waals surface area contributed by atoms with E-state index in [0.29, 0.717) is 24.2 Å². The SMILES string of the molecule is Cl.Cl.O=C1NCCc2c(NCC3CCCCCN3)nc(C3CC3)nc21. The van der Waals surface area contributed by atoms with E-state index in [1.807, 2.05) is 0 Å². The smallest absolute Gasteiger partial charge is 0.270 e. The molecule has 1 saturated carbocycles. The number of nitrogens with one attached hydrogen (secondary N) is 3. The molecule has 3 N–H and O–H groups in total. The lowest BCUT2D eigenvalue weighted by Crippen LogP contribution is -2.37. The number of halogens is 2. The Labute approximate surface area is 161 Å². The molecule has 1 saturated heterocycles. The Balaban J connectivity index is 0.00000113. The molecule has 140 valence electrons. The van der Waals surface area contributed by atoms with Gasteiger partial charge in [-0.2, -0.15) is 0 Å². The van der Waals surface area contributed by atoms with Gasteiger partial charge in [0.2, 0.25) is 0 Å². The molecule has 1 aromatic rings. The predicted octanol–water partition coefficient (Wildman–Crippen LogP) is 2.43. The van der Waals surface area contributed by atoms with Gasteiger partial charge in [0, 0.05) is 30.6 Å². The lowest BCUT2D eigenvalue weighted by atomic mass is 10.1. The molecule has 25 heavy (non-hydrogen) atoms. The summed E-state index contributed by atoms with van der Waals surface area (Å²) in [6, 6.07) is 0.491. The van der Waals surface area contributed by atoms with Crippen molar-refractivity contribution < 1.29 is 4.79 Å². The van der Waals surface area contributed by atoms with Crippen molar-refractivity contribution in [2.75, 3.05) is 25.0 Å². The molecule has 6 nitrogen and oxygen atoms in total. The summed E-state index contributed by atoms with van der Waals surface area (Å²) in [6.45, 7) is 2.65. The van der Waals surface area contributed by atoms with Gasteiger partial charge in [0.1, 0.15) is 17.3 Å². The number of carbonyl (C=O) groups excluding carboxylic acids is 1. The maximum Gasteiger partial charge on any atom is 0.270 e. The molecule has 1 aliphatic carbocycles. The summed E-state index contributed by atoms with van der Waals surface area (Å²) in [5, 5.41) is 10.0. The van der Waals surface area contributed by atoms with Crippen LogP contribution in [0, 0.1) is 0 Å². The first-order valence-corrected chi connectivity index (χ1v) is 8.97. The number of anilines is 1. The van der Waals surface area contributed by atoms with Gasteiger partial charge in [-0.1, -0.05) is 12.8 Å². The fraction of sp³-hybridized carbons (Fsp3) is 0.706. The van der Waals surface area contributed by atoms with E-state index in [-0.39, 0.29) is 30.7 Å². The highest BCUT2D eigenvalue weighted by molar-refractivity contribution is 5.96. The second kappa shape index (κ2) is 9.01. The Bertz CT molecular complexity index is 601. The zero-order valence-electron chi connectivity index (χ0n) is 14.3. The van der Waals surface area contributed by atoms with E-state index in [9.17, 15) is 4.79 Å². The molecule has 0 spiro atoms. The Morgan fingerprint density at radius 1 is 1.04 bits per heavy atom. The minimum Gasteiger partial charge on any atom is -0.368 e. The highest BCUT2D eigenvalue weighted by Crippen LogP contribution is 2.39. The molecule has 0 bridgehead atoms. The minimum absolute atomic E-state index is 0. The van der Waals surface area contributed by atoms with Crippen LogP contribution in [0.25, 0.3) is 0 Å². The van der Waals surface area contributed by atoms with Gasteiger partial charge in [0.05, 0.1) is 0 Å². The van der Waals surface area contributed by atoms with Crippen LogP contribution in [0.5, 0.6) is 0 Å². The van der Waals surface area contributed by atoms with Gasteiger partial charge >= 0.3 is 0 Å². The number of carbonyl (C=O) groups is 1. The van der Waals surface area contributed by atoms with Crippen LogP contribution in [0.3, 0.4) is 0 Å². The maximum absolute atomic E-state index is 12.1. The van der Waals surface area contributed by atoms with Crippen LogP contribution >= 0.6 is 24.8 Å². The summed E-state index contributed by atoms with van der Waals surface area (Å²) in [7, 11) is 0. The van der Waals surface area contributed by atoms with Gasteiger partial charge in [-0.3, -0.25) is 4.79 Å². The maximum atomic E-state index is 12.1. The minimum atomic E-state index is -0.0498. The number of amides is 1. The fourth-order valence-electron chi connectivity index (χ4n) is 3.48. The highest BCUT2D eigenvalue weighted by atomic mass is 35.5. The second-order valence-corrected chi connectivity index (χ2v) is 6.92. The molecule has 2 aliphatic heterocycles. The number of fused-ring (bicyclic) bond motifs is 1. The van der Waals surface area contributed by atoms with Crippen LogP contribution in [0.4, 0.5) is 5.82 Å². The largest absolute Gasteiger partial charge is 0.368 e. The van der Waals surface area contributed by atoms with Gasteiger partial charge in [-0.05, 0) is 38.6 Å². The molecular formula is C17H27Cl2N5O. The lowest BCUT2D eigenvalue weighted by molar-refractivity contribution is 0.0940. The van der Waals surface area contributed by atoms with E-state index in [1.54, 1.807) is 0 Å². The van der Waals surface area contributed by atoms with Crippen molar-refractivity contribution >= 4 is 36.5 Å². The first-order valence-electron chi connectivity index (χ1n) is 8.97. The molecule has 3 heterocycles. The van der Waals surface area contributed by atoms with Gasteiger partial charge in [0.15, 0.2) is 0 Å². The molecule has 8 heteroatoms. The van der Waals surface area contributed by atoms with E-state index >= 15 is 0 Å². The van der Waals surface area contributed by atoms with Crippen LogP contribution in [-0.2, 0) is 6.42 Å². The molecular weight excluding hydrogens is 361 g/mol. The summed E-state index contributed by atoms with van der Waals surface area (Å²) in [4.78, 5) is 21.5. The topological polar surface area (TPSA) is 78.9 Å². The van der Waals surface area contributed by atoms with Crippen molar-refractivity contribution in [3.05, 3.63) is 17.1 Å². The Morgan fingerprint density at radius 3 is 2.68 bits per heavy atom. The van der Waals surface area contributed by atoms with E-state index in [0.717, 1.165) is 49.6 Å². The van der Waals surface area contributed by atoms with Gasteiger partial charge in [-0.25, -0.2) is 9.97 Å². The first-order chi connectivity index (χ1) is 11.3. The third-order valence-electron chi connectivity index (χ3n) is 5.02. The van der Waals surface area contributed by atoms with Crippen LogP contribution in [0.1, 0.15) is 66.3 Å². The molecule has 1 amide bonds. The third-order valence-corrected chi connectivity index (χ3v) is 5.02. The number of rotatable bonds is 4. The van der Waals surface area contributed by atoms with Crippen molar-refractivity contribution in [1.82, 2.24) is 20.6 Å². The molecule has 0 radical (unpaired) electrons. The van der Waals surface area contributed by atoms with Crippen molar-refractivity contribution in [2.24, 2.45) is 0 Å². The van der Waals surface area contributed by atoms with Gasteiger partial charge < -0.3 is 16.0 Å². The molecule has 1 aromatic heterocycles. The summed E-state index contributed by atoms with van der Waals surface area (Å²) < 4.78 is 0. The monoisotopic (exact) mass is 387 g/mol. The average Bonchev–Trinajstić information content (AvgIpc) is 3.40. The lowest BCUT2D eigenvalue weighted by Gasteiger charge is -2.22. The van der Waals surface area contributed by atoms with Crippen molar-refractivity contribution in [2.45, 2.75) is 56.9 Å². The van der Waals surface area contributed by atoms with Crippen molar-refractivity contribution in [1.29, 1.82) is 0 Å². The van der Waals surface area contributed by atoms with E-state index in [2.05, 4.69) is 20.9 Å². The molecule has 0 aromatic carbocycles. The summed E-state index contributed by atoms with van der Waals surface area (Å²) in [6.07, 6.45) is 8.18. The normalized spacial score (nSPS) is 22.6. The Kier molecular flexibility index (Phi) is 7.28. The Morgan fingerprint density at radius 2 is 1.88 bits per heavy atom. The van der Waals surface area contributed by atoms with E-state index < -0.39 is 0 Å². The predicted molar refractivity (Wildman–Crippen MR) is 103 cm³/mol. The zero-order chi connectivity index (χ0) is 15.6. The average molecular weight is 388 g/mol. The number of nitrogens with zero attached hydrogens (tertiary/aromatic N) is 2. The zero-order valence-corrected chi connectivity index (χ0v) is 16.0. The number of hydrogen-bond donors (Lipinski definition) is 3. The molecule has 1 unspecified atom stereocenters. The van der Waals surface area contributed by atoms with E-state index in [1.165, 1.54) is 25.7 Å². The van der Waals surface area contributed by atoms with Crippen LogP contribution in [0.2, 0.25) is 0 Å². The molecule has 4 rings (SSSR count). The number of aromatic nitrogens is 2.